The Kier molecular flexibility index (Phi) is 159. The molecule has 60 valence electrons. The molecule has 0 saturated carbocycles. The van der Waals surface area contributed by atoms with Crippen molar-refractivity contribution in [2.75, 3.05) is 0 Å². The van der Waals surface area contributed by atoms with Crippen LogP contribution in [-0.2, 0) is 0 Å². The van der Waals surface area contributed by atoms with Crippen LogP contribution in [0.4, 0.5) is 0 Å². The molecule has 11 heavy (non-hydrogen) atoms. The van der Waals surface area contributed by atoms with Crippen molar-refractivity contribution in [3.8, 4) is 0 Å². The van der Waals surface area contributed by atoms with E-state index < -0.39 is 5.09 Å². The Hall–Kier alpha value is 1.09. The van der Waals surface area contributed by atoms with Gasteiger partial charge in [0, 0.05) is 0 Å². The Labute approximate surface area is 116 Å². The quantitative estimate of drug-likeness (QED) is 0.182. The Balaban J connectivity index is -0.00000000848. The van der Waals surface area contributed by atoms with Gasteiger partial charge >= 0.3 is 59.1 Å². The first-order valence-corrected chi connectivity index (χ1v) is 0.948. The summed E-state index contributed by atoms with van der Waals surface area (Å²) in [6, 6.07) is 0. The van der Waals surface area contributed by atoms with Crippen molar-refractivity contribution in [2.45, 2.75) is 0 Å². The van der Waals surface area contributed by atoms with Gasteiger partial charge in [0.25, 0.3) is 5.09 Å². The first kappa shape index (κ1) is 40.1. The molecule has 4 N–H and O–H groups in total. The van der Waals surface area contributed by atoms with Crippen molar-refractivity contribution in [3.05, 3.63) is 15.0 Å². The summed E-state index contributed by atoms with van der Waals surface area (Å²) >= 11 is 0. The Morgan fingerprint density at radius 2 is 1.36 bits per heavy atom. The van der Waals surface area contributed by atoms with Crippen LogP contribution in [0.5, 0.6) is 0 Å². The molecule has 0 aromatic rings. The Bertz CT molecular complexity index is 65.6. The summed E-state index contributed by atoms with van der Waals surface area (Å²) in [6.07, 6.45) is 0. The zero-order chi connectivity index (χ0) is 6.28. The van der Waals surface area contributed by atoms with Crippen LogP contribution >= 0.6 is 0 Å². The molecule has 11 heteroatoms. The molecular weight excluding hydrogens is 197 g/mol. The second kappa shape index (κ2) is 43.6. The van der Waals surface area contributed by atoms with Gasteiger partial charge in [-0.2, -0.15) is 0 Å². The standard InChI is InChI=1S/Al.HNO3.HNO2.2Na.H2O.5H/c;2-1(3)4;2-1-3;;;;;;;;/h;(H,2,3,4);(H,2,3);;;1H2;;;;;. The van der Waals surface area contributed by atoms with Gasteiger partial charge in [0.05, 0.1) is 0 Å². The van der Waals surface area contributed by atoms with E-state index in [1.165, 1.54) is 5.34 Å². The van der Waals surface area contributed by atoms with E-state index in [-0.39, 0.29) is 82.0 Å². The van der Waals surface area contributed by atoms with Gasteiger partial charge in [-0.25, -0.2) is 0 Å². The average molecular weight is 206 g/mol. The SMILES string of the molecule is O.O=NO.O=[N+]([O-])O.[AlH3].[NaH].[NaH]. The van der Waals surface area contributed by atoms with Crippen LogP contribution in [0.1, 0.15) is 0 Å². The zero-order valence-corrected chi connectivity index (χ0v) is 3.51. The fourth-order valence-corrected chi connectivity index (χ4v) is 0. The van der Waals surface area contributed by atoms with Gasteiger partial charge in [-0.05, 0) is 0 Å². The summed E-state index contributed by atoms with van der Waals surface area (Å²) in [5.41, 5.74) is 0. The molecule has 0 aromatic carbocycles. The van der Waals surface area contributed by atoms with Crippen LogP contribution < -0.4 is 0 Å². The van der Waals surface area contributed by atoms with Gasteiger partial charge in [0.1, 0.15) is 0 Å². The van der Waals surface area contributed by atoms with Gasteiger partial charge in [0.2, 0.25) is 0 Å². The van der Waals surface area contributed by atoms with Crippen molar-refractivity contribution in [2.24, 2.45) is 5.34 Å². The minimum atomic E-state index is -1.50. The van der Waals surface area contributed by atoms with Crippen molar-refractivity contribution in [1.82, 2.24) is 0 Å². The summed E-state index contributed by atoms with van der Waals surface area (Å²) in [4.78, 5) is 16.5. The van der Waals surface area contributed by atoms with Gasteiger partial charge in [-0.15, -0.1) is 15.0 Å². The predicted octanol–water partition coefficient (Wildman–Crippen LogP) is -3.51. The van der Waals surface area contributed by atoms with E-state index in [9.17, 15) is 0 Å². The summed E-state index contributed by atoms with van der Waals surface area (Å²) in [5.74, 6) is 0. The second-order valence-electron chi connectivity index (χ2n) is 0.319. The van der Waals surface area contributed by atoms with Gasteiger partial charge in [0.15, 0.2) is 22.7 Å². The third-order valence-electron chi connectivity index (χ3n) is 0. The van der Waals surface area contributed by atoms with E-state index in [1.54, 1.807) is 0 Å². The molecule has 0 fully saturated rings. The molecule has 0 amide bonds. The molecule has 0 spiro atoms. The molecule has 0 aromatic heterocycles. The van der Waals surface area contributed by atoms with Crippen LogP contribution in [0.15, 0.2) is 5.34 Å². The predicted molar refractivity (Wildman–Crippen MR) is 44.2 cm³/mol. The van der Waals surface area contributed by atoms with Crippen molar-refractivity contribution >= 4 is 76.5 Å². The third-order valence-corrected chi connectivity index (χ3v) is 0. The van der Waals surface area contributed by atoms with E-state index >= 15 is 0 Å². The van der Waals surface area contributed by atoms with E-state index in [1.807, 2.05) is 0 Å². The summed E-state index contributed by atoms with van der Waals surface area (Å²) < 4.78 is 0. The number of hydrogen-bond donors (Lipinski definition) is 2. The number of hydrogen-bond acceptors (Lipinski definition) is 4. The van der Waals surface area contributed by atoms with Crippen molar-refractivity contribution in [1.29, 1.82) is 0 Å². The van der Waals surface area contributed by atoms with Crippen LogP contribution in [0.25, 0.3) is 0 Å². The zero-order valence-electron chi connectivity index (χ0n) is 3.51. The molecule has 0 rings (SSSR count). The number of rotatable bonds is 0. The van der Waals surface area contributed by atoms with E-state index in [2.05, 4.69) is 0 Å². The number of nitrogens with zero attached hydrogens (tertiary/aromatic N) is 2. The van der Waals surface area contributed by atoms with Crippen molar-refractivity contribution in [3.63, 3.8) is 0 Å². The fourth-order valence-electron chi connectivity index (χ4n) is 0. The third kappa shape index (κ3) is 768. The normalized spacial score (nSPS) is 3.27. The topological polar surface area (TPSA) is 145 Å². The van der Waals surface area contributed by atoms with Gasteiger partial charge in [-0.1, -0.05) is 0 Å². The monoisotopic (exact) mass is 206 g/mol. The van der Waals surface area contributed by atoms with Crippen LogP contribution in [0, 0.1) is 15.0 Å². The Morgan fingerprint density at radius 3 is 1.36 bits per heavy atom. The maximum atomic E-state index is 8.36. The molecule has 0 saturated heterocycles. The minimum absolute atomic E-state index is 0. The first-order valence-electron chi connectivity index (χ1n) is 0.948. The molecule has 0 unspecified atom stereocenters. The summed E-state index contributed by atoms with van der Waals surface area (Å²) in [6.45, 7) is 0. The molecule has 0 heterocycles. The fraction of sp³-hybridized carbons (Fsp3) is 0. The van der Waals surface area contributed by atoms with Gasteiger partial charge in [-0.3, -0.25) is 0 Å². The van der Waals surface area contributed by atoms with Gasteiger partial charge < -0.3 is 15.9 Å². The van der Waals surface area contributed by atoms with E-state index in [4.69, 9.17) is 25.4 Å². The summed E-state index contributed by atoms with van der Waals surface area (Å²) in [7, 11) is 0. The first-order chi connectivity index (χ1) is 3.15. The molecule has 0 aliphatic rings. The molecule has 0 bridgehead atoms. The average Bonchev–Trinajstić information content (AvgIpc) is 1.33. The van der Waals surface area contributed by atoms with Crippen LogP contribution in [0.3, 0.4) is 0 Å². The molecule has 8 nitrogen and oxygen atoms in total. The van der Waals surface area contributed by atoms with Crippen molar-refractivity contribution < 1.29 is 21.0 Å². The Morgan fingerprint density at radius 1 is 1.36 bits per heavy atom. The molecule has 0 radical (unpaired) electrons. The van der Waals surface area contributed by atoms with Crippen LogP contribution in [0.2, 0.25) is 0 Å². The van der Waals surface area contributed by atoms with E-state index in [0.29, 0.717) is 0 Å². The van der Waals surface area contributed by atoms with Crippen LogP contribution in [-0.4, -0.2) is 97.5 Å². The molecular formula is H9AlN2Na2O6. The second-order valence-corrected chi connectivity index (χ2v) is 0.319. The maximum absolute atomic E-state index is 8.36. The molecule has 0 aliphatic carbocycles. The summed E-state index contributed by atoms with van der Waals surface area (Å²) in [5, 5.41) is 21.5. The molecule has 0 aliphatic heterocycles. The van der Waals surface area contributed by atoms with E-state index in [0.717, 1.165) is 0 Å². The molecule has 0 atom stereocenters.